The molecular formula is C16H22FNO3S. The summed E-state index contributed by atoms with van der Waals surface area (Å²) >= 11 is 0. The number of benzene rings is 1. The predicted octanol–water partition coefficient (Wildman–Crippen LogP) is 2.09. The van der Waals surface area contributed by atoms with Crippen LogP contribution < -0.4 is 5.32 Å². The Morgan fingerprint density at radius 3 is 2.82 bits per heavy atom. The van der Waals surface area contributed by atoms with Gasteiger partial charge in [0.05, 0.1) is 11.5 Å². The number of halogens is 1. The second kappa shape index (κ2) is 7.22. The molecule has 1 heterocycles. The summed E-state index contributed by atoms with van der Waals surface area (Å²) in [6.45, 7) is 1.79. The van der Waals surface area contributed by atoms with Crippen LogP contribution in [0, 0.1) is 11.7 Å². The SMILES string of the molecule is C[C@H](CCc1ccccc1F)C(=O)N[C@@H]1CCCS(=O)(=O)C1. The molecule has 0 bridgehead atoms. The van der Waals surface area contributed by atoms with Crippen molar-refractivity contribution in [3.05, 3.63) is 35.6 Å². The number of rotatable bonds is 5. The summed E-state index contributed by atoms with van der Waals surface area (Å²) in [5.74, 6) is -0.447. The van der Waals surface area contributed by atoms with Crippen molar-refractivity contribution < 1.29 is 17.6 Å². The fourth-order valence-corrected chi connectivity index (χ4v) is 4.32. The molecule has 122 valence electrons. The van der Waals surface area contributed by atoms with Crippen molar-refractivity contribution in [1.82, 2.24) is 5.32 Å². The number of sulfone groups is 1. The zero-order valence-electron chi connectivity index (χ0n) is 12.7. The van der Waals surface area contributed by atoms with Crippen molar-refractivity contribution in [2.24, 2.45) is 5.92 Å². The predicted molar refractivity (Wildman–Crippen MR) is 83.7 cm³/mol. The maximum Gasteiger partial charge on any atom is 0.223 e. The maximum atomic E-state index is 13.5. The quantitative estimate of drug-likeness (QED) is 0.901. The highest BCUT2D eigenvalue weighted by Crippen LogP contribution is 2.15. The van der Waals surface area contributed by atoms with E-state index in [0.29, 0.717) is 31.2 Å². The molecule has 1 aromatic rings. The van der Waals surface area contributed by atoms with Crippen molar-refractivity contribution in [2.75, 3.05) is 11.5 Å². The Hall–Kier alpha value is -1.43. The minimum Gasteiger partial charge on any atom is -0.352 e. The summed E-state index contributed by atoms with van der Waals surface area (Å²) in [4.78, 5) is 12.1. The molecule has 1 amide bonds. The van der Waals surface area contributed by atoms with Gasteiger partial charge in [-0.25, -0.2) is 12.8 Å². The van der Waals surface area contributed by atoms with E-state index in [2.05, 4.69) is 5.32 Å². The van der Waals surface area contributed by atoms with Crippen LogP contribution in [-0.2, 0) is 21.1 Å². The van der Waals surface area contributed by atoms with Crippen LogP contribution in [0.25, 0.3) is 0 Å². The van der Waals surface area contributed by atoms with Gasteiger partial charge in [0.2, 0.25) is 5.91 Å². The van der Waals surface area contributed by atoms with Crippen LogP contribution in [0.5, 0.6) is 0 Å². The van der Waals surface area contributed by atoms with Gasteiger partial charge in [-0.2, -0.15) is 0 Å². The smallest absolute Gasteiger partial charge is 0.223 e. The lowest BCUT2D eigenvalue weighted by Gasteiger charge is -2.24. The number of carbonyl (C=O) groups excluding carboxylic acids is 1. The van der Waals surface area contributed by atoms with E-state index in [1.165, 1.54) is 6.07 Å². The zero-order chi connectivity index (χ0) is 16.2. The molecular weight excluding hydrogens is 305 g/mol. The summed E-state index contributed by atoms with van der Waals surface area (Å²) in [6, 6.07) is 6.25. The number of nitrogens with one attached hydrogen (secondary N) is 1. The fourth-order valence-electron chi connectivity index (χ4n) is 2.68. The second-order valence-electron chi connectivity index (χ2n) is 5.99. The van der Waals surface area contributed by atoms with E-state index in [0.717, 1.165) is 0 Å². The third-order valence-electron chi connectivity index (χ3n) is 4.06. The highest BCUT2D eigenvalue weighted by atomic mass is 32.2. The topological polar surface area (TPSA) is 63.2 Å². The molecule has 0 unspecified atom stereocenters. The second-order valence-corrected chi connectivity index (χ2v) is 8.22. The Balaban J connectivity index is 1.83. The van der Waals surface area contributed by atoms with E-state index in [-0.39, 0.29) is 35.2 Å². The summed E-state index contributed by atoms with van der Waals surface area (Å²) in [7, 11) is -3.03. The first-order chi connectivity index (χ1) is 10.4. The van der Waals surface area contributed by atoms with Crippen molar-refractivity contribution in [1.29, 1.82) is 0 Å². The van der Waals surface area contributed by atoms with Gasteiger partial charge in [-0.05, 0) is 37.3 Å². The fraction of sp³-hybridized carbons (Fsp3) is 0.562. The van der Waals surface area contributed by atoms with Crippen LogP contribution in [0.2, 0.25) is 0 Å². The third-order valence-corrected chi connectivity index (χ3v) is 5.88. The molecule has 2 atom stereocenters. The van der Waals surface area contributed by atoms with E-state index in [9.17, 15) is 17.6 Å². The average Bonchev–Trinajstić information content (AvgIpc) is 2.45. The summed E-state index contributed by atoms with van der Waals surface area (Å²) < 4.78 is 36.7. The zero-order valence-corrected chi connectivity index (χ0v) is 13.5. The van der Waals surface area contributed by atoms with Gasteiger partial charge in [-0.1, -0.05) is 25.1 Å². The maximum absolute atomic E-state index is 13.5. The molecule has 22 heavy (non-hydrogen) atoms. The van der Waals surface area contributed by atoms with Gasteiger partial charge in [0.1, 0.15) is 5.82 Å². The highest BCUT2D eigenvalue weighted by molar-refractivity contribution is 7.91. The largest absolute Gasteiger partial charge is 0.352 e. The van der Waals surface area contributed by atoms with E-state index in [1.807, 2.05) is 0 Å². The summed E-state index contributed by atoms with van der Waals surface area (Å²) in [5.41, 5.74) is 0.599. The lowest BCUT2D eigenvalue weighted by Crippen LogP contribution is -2.45. The van der Waals surface area contributed by atoms with Gasteiger partial charge in [0.15, 0.2) is 9.84 Å². The molecule has 2 rings (SSSR count). The van der Waals surface area contributed by atoms with Gasteiger partial charge in [-0.3, -0.25) is 4.79 Å². The standard InChI is InChI=1S/C16H22FNO3S/c1-12(8-9-13-5-2-3-7-15(13)17)16(19)18-14-6-4-10-22(20,21)11-14/h2-3,5,7,12,14H,4,6,8-11H2,1H3,(H,18,19)/t12-,14-/m1/s1. The van der Waals surface area contributed by atoms with Crippen molar-refractivity contribution in [3.8, 4) is 0 Å². The molecule has 0 aliphatic carbocycles. The van der Waals surface area contributed by atoms with Crippen LogP contribution in [0.4, 0.5) is 4.39 Å². The first-order valence-electron chi connectivity index (χ1n) is 7.61. The number of hydrogen-bond donors (Lipinski definition) is 1. The lowest BCUT2D eigenvalue weighted by atomic mass is 9.99. The molecule has 1 saturated heterocycles. The molecule has 1 aromatic carbocycles. The number of amides is 1. The van der Waals surface area contributed by atoms with E-state index in [4.69, 9.17) is 0 Å². The minimum absolute atomic E-state index is 0.0266. The van der Waals surface area contributed by atoms with Crippen LogP contribution in [0.15, 0.2) is 24.3 Å². The normalized spacial score (nSPS) is 22.0. The molecule has 1 aliphatic rings. The van der Waals surface area contributed by atoms with Crippen molar-refractivity contribution in [3.63, 3.8) is 0 Å². The molecule has 6 heteroatoms. The van der Waals surface area contributed by atoms with Gasteiger partial charge in [-0.15, -0.1) is 0 Å². The van der Waals surface area contributed by atoms with Crippen molar-refractivity contribution >= 4 is 15.7 Å². The first kappa shape index (κ1) is 16.9. The van der Waals surface area contributed by atoms with Gasteiger partial charge in [0.25, 0.3) is 0 Å². The average molecular weight is 327 g/mol. The molecule has 0 spiro atoms. The molecule has 0 radical (unpaired) electrons. The van der Waals surface area contributed by atoms with E-state index < -0.39 is 9.84 Å². The molecule has 4 nitrogen and oxygen atoms in total. The molecule has 1 N–H and O–H groups in total. The first-order valence-corrected chi connectivity index (χ1v) is 9.44. The van der Waals surface area contributed by atoms with E-state index in [1.54, 1.807) is 25.1 Å². The summed E-state index contributed by atoms with van der Waals surface area (Å²) in [6.07, 6.45) is 2.32. The molecule has 1 aliphatic heterocycles. The minimum atomic E-state index is -3.03. The van der Waals surface area contributed by atoms with Crippen LogP contribution in [0.1, 0.15) is 31.7 Å². The Morgan fingerprint density at radius 1 is 1.41 bits per heavy atom. The summed E-state index contributed by atoms with van der Waals surface area (Å²) in [5, 5.41) is 2.81. The highest BCUT2D eigenvalue weighted by Gasteiger charge is 2.27. The molecule has 1 fully saturated rings. The number of carbonyl (C=O) groups is 1. The Bertz CT molecular complexity index is 630. The number of aryl methyl sites for hydroxylation is 1. The Labute approximate surface area is 131 Å². The van der Waals surface area contributed by atoms with E-state index >= 15 is 0 Å². The lowest BCUT2D eigenvalue weighted by molar-refractivity contribution is -0.125. The van der Waals surface area contributed by atoms with Crippen LogP contribution in [-0.4, -0.2) is 31.9 Å². The van der Waals surface area contributed by atoms with Crippen molar-refractivity contribution in [2.45, 2.75) is 38.6 Å². The Kier molecular flexibility index (Phi) is 5.56. The molecule has 0 saturated carbocycles. The monoisotopic (exact) mass is 327 g/mol. The molecule has 0 aromatic heterocycles. The number of hydrogen-bond acceptors (Lipinski definition) is 3. The van der Waals surface area contributed by atoms with Crippen LogP contribution >= 0.6 is 0 Å². The third kappa shape index (κ3) is 4.80. The Morgan fingerprint density at radius 2 is 2.14 bits per heavy atom. The van der Waals surface area contributed by atoms with Crippen LogP contribution in [0.3, 0.4) is 0 Å². The van der Waals surface area contributed by atoms with Gasteiger partial charge >= 0.3 is 0 Å². The van der Waals surface area contributed by atoms with Gasteiger partial charge in [0, 0.05) is 12.0 Å². The van der Waals surface area contributed by atoms with Gasteiger partial charge < -0.3 is 5.32 Å².